The van der Waals surface area contributed by atoms with Crippen LogP contribution in [0.1, 0.15) is 24.5 Å². The molecular weight excluding hydrogens is 326 g/mol. The van der Waals surface area contributed by atoms with Crippen molar-refractivity contribution in [2.24, 2.45) is 0 Å². The second-order valence-corrected chi connectivity index (χ2v) is 7.38. The number of hydrogen-bond donors (Lipinski definition) is 1. The predicted octanol–water partition coefficient (Wildman–Crippen LogP) is 1.86. The van der Waals surface area contributed by atoms with E-state index in [1.165, 1.54) is 0 Å². The summed E-state index contributed by atoms with van der Waals surface area (Å²) in [4.78, 5) is 17.7. The number of benzene rings is 1. The molecule has 1 aliphatic heterocycles. The Morgan fingerprint density at radius 1 is 1.17 bits per heavy atom. The molecular formula is C17H19N3O3S. The fraction of sp³-hybridized carbons (Fsp3) is 0.294. The average molecular weight is 345 g/mol. The zero-order chi connectivity index (χ0) is 17.2. The number of carbonyl (C=O) groups is 1. The number of aryl methyl sites for hydroxylation is 1. The van der Waals surface area contributed by atoms with Gasteiger partial charge in [-0.05, 0) is 54.8 Å². The lowest BCUT2D eigenvalue weighted by atomic mass is 10.0. The van der Waals surface area contributed by atoms with E-state index in [0.717, 1.165) is 16.8 Å². The third kappa shape index (κ3) is 3.32. The first-order valence-electron chi connectivity index (χ1n) is 7.83. The van der Waals surface area contributed by atoms with Gasteiger partial charge in [0.15, 0.2) is 0 Å². The Morgan fingerprint density at radius 2 is 1.92 bits per heavy atom. The quantitative estimate of drug-likeness (QED) is 0.897. The lowest BCUT2D eigenvalue weighted by Crippen LogP contribution is -2.35. The first-order valence-corrected chi connectivity index (χ1v) is 9.31. The summed E-state index contributed by atoms with van der Waals surface area (Å²) in [7, 11) is -3.60. The van der Waals surface area contributed by atoms with Gasteiger partial charge >= 0.3 is 0 Å². The summed E-state index contributed by atoms with van der Waals surface area (Å²) in [6.07, 6.45) is 4.23. The maximum atomic E-state index is 12.5. The molecule has 0 fully saturated rings. The number of amides is 1. The maximum Gasteiger partial charge on any atom is 0.240 e. The first-order chi connectivity index (χ1) is 11.5. The van der Waals surface area contributed by atoms with Crippen LogP contribution in [0.15, 0.2) is 47.6 Å². The molecule has 7 heteroatoms. The highest BCUT2D eigenvalue weighted by atomic mass is 32.2. The van der Waals surface area contributed by atoms with E-state index in [-0.39, 0.29) is 17.3 Å². The fourth-order valence-corrected chi connectivity index (χ4v) is 3.88. The summed E-state index contributed by atoms with van der Waals surface area (Å²) < 4.78 is 27.6. The van der Waals surface area contributed by atoms with E-state index in [2.05, 4.69) is 9.71 Å². The van der Waals surface area contributed by atoms with E-state index in [0.29, 0.717) is 19.4 Å². The van der Waals surface area contributed by atoms with Crippen LogP contribution in [0.3, 0.4) is 0 Å². The third-order valence-corrected chi connectivity index (χ3v) is 5.49. The molecule has 126 valence electrons. The first kappa shape index (κ1) is 16.6. The Balaban J connectivity index is 1.83. The van der Waals surface area contributed by atoms with Crippen molar-refractivity contribution < 1.29 is 13.2 Å². The summed E-state index contributed by atoms with van der Waals surface area (Å²) in [6.45, 7) is 2.70. The van der Waals surface area contributed by atoms with Crippen LogP contribution in [-0.2, 0) is 27.8 Å². The van der Waals surface area contributed by atoms with Gasteiger partial charge in [0.25, 0.3) is 0 Å². The lowest BCUT2D eigenvalue weighted by molar-refractivity contribution is -0.118. The largest absolute Gasteiger partial charge is 0.312 e. The van der Waals surface area contributed by atoms with E-state index >= 15 is 0 Å². The molecule has 1 aliphatic rings. The van der Waals surface area contributed by atoms with Crippen molar-refractivity contribution in [2.45, 2.75) is 31.2 Å². The van der Waals surface area contributed by atoms with Gasteiger partial charge < -0.3 is 4.90 Å². The Hall–Kier alpha value is -2.25. The second-order valence-electron chi connectivity index (χ2n) is 5.61. The molecule has 0 unspecified atom stereocenters. The molecule has 0 atom stereocenters. The number of hydrogen-bond acceptors (Lipinski definition) is 4. The summed E-state index contributed by atoms with van der Waals surface area (Å²) in [6, 6.07) is 8.46. The third-order valence-electron chi connectivity index (χ3n) is 4.09. The normalized spacial score (nSPS) is 14.5. The van der Waals surface area contributed by atoms with Gasteiger partial charge in [-0.25, -0.2) is 13.1 Å². The molecule has 0 spiro atoms. The summed E-state index contributed by atoms with van der Waals surface area (Å²) in [5.74, 6) is 0.0800. The summed E-state index contributed by atoms with van der Waals surface area (Å²) >= 11 is 0. The van der Waals surface area contributed by atoms with E-state index in [4.69, 9.17) is 0 Å². The number of fused-ring (bicyclic) bond motifs is 1. The molecule has 0 bridgehead atoms. The van der Waals surface area contributed by atoms with Gasteiger partial charge in [-0.1, -0.05) is 0 Å². The SMILES string of the molecule is CCN1C(=O)CCc2cc(S(=O)(=O)NCc3ccncc3)ccc21. The highest BCUT2D eigenvalue weighted by Gasteiger charge is 2.24. The van der Waals surface area contributed by atoms with Crippen molar-refractivity contribution in [1.82, 2.24) is 9.71 Å². The Labute approximate surface area is 141 Å². The predicted molar refractivity (Wildman–Crippen MR) is 91.1 cm³/mol. The van der Waals surface area contributed by atoms with Crippen LogP contribution in [0.5, 0.6) is 0 Å². The van der Waals surface area contributed by atoms with Gasteiger partial charge in [-0.3, -0.25) is 9.78 Å². The number of pyridine rings is 1. The van der Waals surface area contributed by atoms with E-state index in [9.17, 15) is 13.2 Å². The molecule has 6 nitrogen and oxygen atoms in total. The molecule has 2 aromatic rings. The molecule has 0 radical (unpaired) electrons. The van der Waals surface area contributed by atoms with Crippen LogP contribution in [0.25, 0.3) is 0 Å². The Bertz CT molecular complexity index is 851. The van der Waals surface area contributed by atoms with E-state index < -0.39 is 10.0 Å². The highest BCUT2D eigenvalue weighted by molar-refractivity contribution is 7.89. The number of carbonyl (C=O) groups excluding carboxylic acids is 1. The molecule has 0 saturated heterocycles. The van der Waals surface area contributed by atoms with Crippen LogP contribution < -0.4 is 9.62 Å². The molecule has 2 heterocycles. The minimum absolute atomic E-state index is 0.0800. The summed E-state index contributed by atoms with van der Waals surface area (Å²) in [5.41, 5.74) is 2.54. The van der Waals surface area contributed by atoms with E-state index in [1.807, 2.05) is 6.92 Å². The lowest BCUT2D eigenvalue weighted by Gasteiger charge is -2.28. The smallest absolute Gasteiger partial charge is 0.240 e. The zero-order valence-electron chi connectivity index (χ0n) is 13.4. The molecule has 1 aromatic heterocycles. The number of rotatable bonds is 5. The molecule has 1 N–H and O–H groups in total. The van der Waals surface area contributed by atoms with Crippen molar-refractivity contribution in [3.8, 4) is 0 Å². The van der Waals surface area contributed by atoms with Crippen molar-refractivity contribution >= 4 is 21.6 Å². The van der Waals surface area contributed by atoms with Crippen molar-refractivity contribution in [2.75, 3.05) is 11.4 Å². The standard InChI is InChI=1S/C17H19N3O3S/c1-2-20-16-5-4-15(11-14(16)3-6-17(20)21)24(22,23)19-12-13-7-9-18-10-8-13/h4-5,7-11,19H,2-3,6,12H2,1H3. The number of nitrogens with one attached hydrogen (secondary N) is 1. The Morgan fingerprint density at radius 3 is 2.62 bits per heavy atom. The molecule has 1 amide bonds. The average Bonchev–Trinajstić information content (AvgIpc) is 2.60. The minimum Gasteiger partial charge on any atom is -0.312 e. The molecule has 0 aliphatic carbocycles. The molecule has 3 rings (SSSR count). The van der Waals surface area contributed by atoms with Crippen LogP contribution >= 0.6 is 0 Å². The van der Waals surface area contributed by atoms with Crippen molar-refractivity contribution in [1.29, 1.82) is 0 Å². The van der Waals surface area contributed by atoms with Gasteiger partial charge in [-0.15, -0.1) is 0 Å². The van der Waals surface area contributed by atoms with Gasteiger partial charge in [0.2, 0.25) is 15.9 Å². The molecule has 1 aromatic carbocycles. The number of sulfonamides is 1. The van der Waals surface area contributed by atoms with Gasteiger partial charge in [-0.2, -0.15) is 0 Å². The minimum atomic E-state index is -3.60. The van der Waals surface area contributed by atoms with Gasteiger partial charge in [0.05, 0.1) is 4.90 Å². The van der Waals surface area contributed by atoms with Crippen LogP contribution in [0.4, 0.5) is 5.69 Å². The van der Waals surface area contributed by atoms with Crippen LogP contribution in [0.2, 0.25) is 0 Å². The second kappa shape index (κ2) is 6.70. The number of nitrogens with zero attached hydrogens (tertiary/aromatic N) is 2. The topological polar surface area (TPSA) is 79.4 Å². The van der Waals surface area contributed by atoms with Gasteiger partial charge in [0.1, 0.15) is 0 Å². The Kier molecular flexibility index (Phi) is 4.64. The van der Waals surface area contributed by atoms with Crippen molar-refractivity contribution in [3.05, 3.63) is 53.9 Å². The molecule has 0 saturated carbocycles. The van der Waals surface area contributed by atoms with Crippen LogP contribution in [-0.4, -0.2) is 25.9 Å². The summed E-state index contributed by atoms with van der Waals surface area (Å²) in [5, 5.41) is 0. The number of aromatic nitrogens is 1. The molecule has 24 heavy (non-hydrogen) atoms. The highest BCUT2D eigenvalue weighted by Crippen LogP contribution is 2.29. The van der Waals surface area contributed by atoms with Gasteiger partial charge in [0, 0.05) is 37.6 Å². The monoisotopic (exact) mass is 345 g/mol. The van der Waals surface area contributed by atoms with Crippen molar-refractivity contribution in [3.63, 3.8) is 0 Å². The number of anilines is 1. The fourth-order valence-electron chi connectivity index (χ4n) is 2.81. The maximum absolute atomic E-state index is 12.5. The zero-order valence-corrected chi connectivity index (χ0v) is 14.2. The van der Waals surface area contributed by atoms with Crippen LogP contribution in [0, 0.1) is 0 Å². The van der Waals surface area contributed by atoms with E-state index in [1.54, 1.807) is 47.6 Å².